The molecule has 1 saturated heterocycles. The van der Waals surface area contributed by atoms with Gasteiger partial charge in [-0.15, -0.1) is 0 Å². The van der Waals surface area contributed by atoms with E-state index in [1.807, 2.05) is 6.92 Å². The number of likely N-dealkylation sites (tertiary alicyclic amines) is 1. The lowest BCUT2D eigenvalue weighted by atomic mass is 10.1. The van der Waals surface area contributed by atoms with Gasteiger partial charge in [0, 0.05) is 36.5 Å². The van der Waals surface area contributed by atoms with Crippen molar-refractivity contribution in [2.24, 2.45) is 0 Å². The Morgan fingerprint density at radius 3 is 2.78 bits per heavy atom. The molecule has 1 atom stereocenters. The smallest absolute Gasteiger partial charge is 0.255 e. The molecule has 2 N–H and O–H groups in total. The summed E-state index contributed by atoms with van der Waals surface area (Å²) in [6, 6.07) is 6.81. The molecule has 0 saturated carbocycles. The van der Waals surface area contributed by atoms with Gasteiger partial charge in [-0.25, -0.2) is 0 Å². The van der Waals surface area contributed by atoms with Gasteiger partial charge in [0.15, 0.2) is 0 Å². The second-order valence-corrected chi connectivity index (χ2v) is 5.79. The van der Waals surface area contributed by atoms with E-state index in [1.165, 1.54) is 6.20 Å². The van der Waals surface area contributed by atoms with E-state index < -0.39 is 0 Å². The highest BCUT2D eigenvalue weighted by Crippen LogP contribution is 2.16. The van der Waals surface area contributed by atoms with Crippen molar-refractivity contribution >= 4 is 22.6 Å². The van der Waals surface area contributed by atoms with Crippen LogP contribution in [0.2, 0.25) is 0 Å². The number of H-pyrrole nitrogens is 1. The molecule has 2 amide bonds. The summed E-state index contributed by atoms with van der Waals surface area (Å²) in [5.74, 6) is -0.197. The maximum Gasteiger partial charge on any atom is 0.255 e. The lowest BCUT2D eigenvalue weighted by Crippen LogP contribution is -2.37. The first-order chi connectivity index (χ1) is 11.1. The van der Waals surface area contributed by atoms with Crippen LogP contribution in [0.15, 0.2) is 35.3 Å². The molecule has 0 radical (unpaired) electrons. The second kappa shape index (κ2) is 6.24. The number of rotatable bonds is 4. The number of pyridine rings is 1. The van der Waals surface area contributed by atoms with Gasteiger partial charge in [-0.1, -0.05) is 25.1 Å². The maximum atomic E-state index is 12.5. The number of nitrogens with zero attached hydrogens (tertiary/aromatic N) is 1. The SMILES string of the molecule is CCCN1C[C@H](NC(=O)c2c[nH]c(=O)c3ccccc23)CC1=O. The molecule has 6 heteroatoms. The fraction of sp³-hybridized carbons (Fsp3) is 0.353. The van der Waals surface area contributed by atoms with Crippen molar-refractivity contribution in [1.82, 2.24) is 15.2 Å². The Morgan fingerprint density at radius 1 is 1.30 bits per heavy atom. The van der Waals surface area contributed by atoms with Crippen molar-refractivity contribution in [1.29, 1.82) is 0 Å². The maximum absolute atomic E-state index is 12.5. The van der Waals surface area contributed by atoms with Crippen LogP contribution < -0.4 is 10.9 Å². The number of fused-ring (bicyclic) bond motifs is 1. The predicted molar refractivity (Wildman–Crippen MR) is 87.3 cm³/mol. The minimum absolute atomic E-state index is 0.0727. The van der Waals surface area contributed by atoms with E-state index in [0.717, 1.165) is 6.42 Å². The van der Waals surface area contributed by atoms with E-state index >= 15 is 0 Å². The van der Waals surface area contributed by atoms with Gasteiger partial charge in [0.25, 0.3) is 11.5 Å². The van der Waals surface area contributed by atoms with Crippen LogP contribution in [0.1, 0.15) is 30.1 Å². The molecular formula is C17H19N3O3. The summed E-state index contributed by atoms with van der Waals surface area (Å²) in [4.78, 5) is 40.6. The van der Waals surface area contributed by atoms with Crippen LogP contribution in [0.5, 0.6) is 0 Å². The topological polar surface area (TPSA) is 82.3 Å². The van der Waals surface area contributed by atoms with E-state index in [4.69, 9.17) is 0 Å². The molecule has 3 rings (SSSR count). The van der Waals surface area contributed by atoms with E-state index in [-0.39, 0.29) is 23.4 Å². The number of amides is 2. The first kappa shape index (κ1) is 15.3. The number of hydrogen-bond acceptors (Lipinski definition) is 3. The second-order valence-electron chi connectivity index (χ2n) is 5.79. The van der Waals surface area contributed by atoms with Crippen LogP contribution in [0.3, 0.4) is 0 Å². The third-order valence-electron chi connectivity index (χ3n) is 4.10. The average molecular weight is 313 g/mol. The quantitative estimate of drug-likeness (QED) is 0.892. The minimum atomic E-state index is -0.270. The van der Waals surface area contributed by atoms with Crippen LogP contribution >= 0.6 is 0 Å². The van der Waals surface area contributed by atoms with Crippen molar-refractivity contribution in [3.63, 3.8) is 0 Å². The van der Waals surface area contributed by atoms with Gasteiger partial charge < -0.3 is 15.2 Å². The third kappa shape index (κ3) is 2.97. The number of aromatic nitrogens is 1. The summed E-state index contributed by atoms with van der Waals surface area (Å²) in [5, 5.41) is 4.00. The number of nitrogens with one attached hydrogen (secondary N) is 2. The Balaban J connectivity index is 1.81. The average Bonchev–Trinajstić information content (AvgIpc) is 2.88. The standard InChI is InChI=1S/C17H19N3O3/c1-2-7-20-10-11(8-15(20)21)19-17(23)14-9-18-16(22)13-6-4-3-5-12(13)14/h3-6,9,11H,2,7-8,10H2,1H3,(H,18,22)(H,19,23)/t11-/m1/s1. The molecule has 1 aliphatic heterocycles. The molecule has 2 heterocycles. The van der Waals surface area contributed by atoms with Crippen molar-refractivity contribution in [3.8, 4) is 0 Å². The summed E-state index contributed by atoms with van der Waals surface area (Å²) >= 11 is 0. The number of benzene rings is 1. The molecule has 1 aliphatic rings. The summed E-state index contributed by atoms with van der Waals surface area (Å²) in [6.07, 6.45) is 2.66. The molecule has 6 nitrogen and oxygen atoms in total. The number of carbonyl (C=O) groups is 2. The molecule has 1 fully saturated rings. The lowest BCUT2D eigenvalue weighted by Gasteiger charge is -2.16. The van der Waals surface area contributed by atoms with Gasteiger partial charge in [0.05, 0.1) is 11.6 Å². The molecule has 0 spiro atoms. The largest absolute Gasteiger partial charge is 0.347 e. The molecule has 0 unspecified atom stereocenters. The van der Waals surface area contributed by atoms with Gasteiger partial charge in [-0.05, 0) is 12.5 Å². The Morgan fingerprint density at radius 2 is 2.04 bits per heavy atom. The zero-order valence-electron chi connectivity index (χ0n) is 13.0. The zero-order chi connectivity index (χ0) is 16.4. The molecule has 0 bridgehead atoms. The molecule has 120 valence electrons. The Kier molecular flexibility index (Phi) is 4.14. The first-order valence-electron chi connectivity index (χ1n) is 7.79. The van der Waals surface area contributed by atoms with Gasteiger partial charge in [0.1, 0.15) is 0 Å². The van der Waals surface area contributed by atoms with Crippen molar-refractivity contribution in [2.75, 3.05) is 13.1 Å². The van der Waals surface area contributed by atoms with Gasteiger partial charge in [-0.3, -0.25) is 14.4 Å². The Labute approximate surface area is 133 Å². The van der Waals surface area contributed by atoms with Crippen LogP contribution in [-0.4, -0.2) is 40.8 Å². The van der Waals surface area contributed by atoms with E-state index in [9.17, 15) is 14.4 Å². The molecule has 23 heavy (non-hydrogen) atoms. The zero-order valence-corrected chi connectivity index (χ0v) is 13.0. The minimum Gasteiger partial charge on any atom is -0.347 e. The van der Waals surface area contributed by atoms with Crippen molar-refractivity contribution < 1.29 is 9.59 Å². The fourth-order valence-electron chi connectivity index (χ4n) is 3.02. The lowest BCUT2D eigenvalue weighted by molar-refractivity contribution is -0.127. The monoisotopic (exact) mass is 313 g/mol. The van der Waals surface area contributed by atoms with Gasteiger partial charge in [-0.2, -0.15) is 0 Å². The van der Waals surface area contributed by atoms with Gasteiger partial charge in [0.2, 0.25) is 5.91 Å². The van der Waals surface area contributed by atoms with Crippen molar-refractivity contribution in [3.05, 3.63) is 46.4 Å². The highest BCUT2D eigenvalue weighted by molar-refractivity contribution is 6.06. The third-order valence-corrected chi connectivity index (χ3v) is 4.10. The number of carbonyl (C=O) groups excluding carboxylic acids is 2. The normalized spacial score (nSPS) is 17.7. The number of aromatic amines is 1. The summed E-state index contributed by atoms with van der Waals surface area (Å²) in [5.41, 5.74) is 0.198. The first-order valence-corrected chi connectivity index (χ1v) is 7.79. The Bertz CT molecular complexity index is 812. The van der Waals surface area contributed by atoms with Crippen molar-refractivity contribution in [2.45, 2.75) is 25.8 Å². The Hall–Kier alpha value is -2.63. The van der Waals surface area contributed by atoms with Crippen LogP contribution in [0, 0.1) is 0 Å². The summed E-state index contributed by atoms with van der Waals surface area (Å²) in [6.45, 7) is 3.28. The van der Waals surface area contributed by atoms with Crippen LogP contribution in [0.4, 0.5) is 0 Å². The summed E-state index contributed by atoms with van der Waals surface area (Å²) < 4.78 is 0. The van der Waals surface area contributed by atoms with Crippen LogP contribution in [-0.2, 0) is 4.79 Å². The van der Waals surface area contributed by atoms with Gasteiger partial charge >= 0.3 is 0 Å². The van der Waals surface area contributed by atoms with Crippen LogP contribution in [0.25, 0.3) is 10.8 Å². The molecule has 2 aromatic rings. The highest BCUT2D eigenvalue weighted by atomic mass is 16.2. The van der Waals surface area contributed by atoms with E-state index in [0.29, 0.717) is 35.8 Å². The van der Waals surface area contributed by atoms with E-state index in [2.05, 4.69) is 10.3 Å². The summed E-state index contributed by atoms with van der Waals surface area (Å²) in [7, 11) is 0. The molecule has 1 aromatic carbocycles. The highest BCUT2D eigenvalue weighted by Gasteiger charge is 2.30. The number of hydrogen-bond donors (Lipinski definition) is 2. The van der Waals surface area contributed by atoms with E-state index in [1.54, 1.807) is 29.2 Å². The predicted octanol–water partition coefficient (Wildman–Crippen LogP) is 1.27. The fourth-order valence-corrected chi connectivity index (χ4v) is 3.02. The molecule has 1 aromatic heterocycles. The molecular weight excluding hydrogens is 294 g/mol. The molecule has 0 aliphatic carbocycles.